The van der Waals surface area contributed by atoms with Gasteiger partial charge in [-0.3, -0.25) is 10.2 Å². The van der Waals surface area contributed by atoms with Gasteiger partial charge >= 0.3 is 6.18 Å². The van der Waals surface area contributed by atoms with Gasteiger partial charge in [-0.1, -0.05) is 25.1 Å². The third kappa shape index (κ3) is 3.66. The maximum absolute atomic E-state index is 13.4. The Bertz CT molecular complexity index is 505. The molecule has 0 unspecified atom stereocenters. The Morgan fingerprint density at radius 3 is 2.67 bits per heavy atom. The average Bonchev–Trinajstić information content (AvgIpc) is 2.82. The van der Waals surface area contributed by atoms with Crippen molar-refractivity contribution in [1.29, 1.82) is 0 Å². The quantitative estimate of drug-likeness (QED) is 0.909. The fourth-order valence-electron chi connectivity index (χ4n) is 2.26. The fourth-order valence-corrected chi connectivity index (χ4v) is 2.26. The molecule has 1 N–H and O–H groups in total. The van der Waals surface area contributed by atoms with E-state index >= 15 is 0 Å². The monoisotopic (exact) mass is 302 g/mol. The van der Waals surface area contributed by atoms with E-state index in [1.807, 2.05) is 6.92 Å². The van der Waals surface area contributed by atoms with Gasteiger partial charge in [0.25, 0.3) is 0 Å². The van der Waals surface area contributed by atoms with Gasteiger partial charge in [0, 0.05) is 18.5 Å². The molecule has 1 saturated heterocycles. The zero-order valence-electron chi connectivity index (χ0n) is 11.6. The topological polar surface area (TPSA) is 41.6 Å². The molecule has 116 valence electrons. The van der Waals surface area contributed by atoms with E-state index in [2.05, 4.69) is 5.43 Å². The minimum atomic E-state index is -4.51. The van der Waals surface area contributed by atoms with Gasteiger partial charge in [-0.05, 0) is 12.5 Å². The predicted octanol–water partition coefficient (Wildman–Crippen LogP) is 2.82. The molecule has 1 heterocycles. The first-order valence-corrected chi connectivity index (χ1v) is 6.78. The summed E-state index contributed by atoms with van der Waals surface area (Å²) < 4.78 is 45.7. The van der Waals surface area contributed by atoms with E-state index in [9.17, 15) is 18.0 Å². The Morgan fingerprint density at radius 1 is 1.38 bits per heavy atom. The van der Waals surface area contributed by atoms with E-state index in [0.717, 1.165) is 5.01 Å². The Labute approximate surface area is 120 Å². The number of nitrogens with zero attached hydrogens (tertiary/aromatic N) is 1. The number of hydrazine groups is 1. The summed E-state index contributed by atoms with van der Waals surface area (Å²) in [5, 5.41) is 0.927. The van der Waals surface area contributed by atoms with Crippen LogP contribution in [0.5, 0.6) is 5.75 Å². The lowest BCUT2D eigenvalue weighted by Gasteiger charge is -2.30. The smallest absolute Gasteiger partial charge is 0.410 e. The lowest BCUT2D eigenvalue weighted by molar-refractivity contribution is -0.191. The first-order valence-electron chi connectivity index (χ1n) is 6.78. The van der Waals surface area contributed by atoms with Crippen LogP contribution in [0.3, 0.4) is 0 Å². The molecule has 0 spiro atoms. The van der Waals surface area contributed by atoms with E-state index in [0.29, 0.717) is 13.0 Å². The van der Waals surface area contributed by atoms with Crippen molar-refractivity contribution < 1.29 is 22.7 Å². The van der Waals surface area contributed by atoms with Crippen molar-refractivity contribution in [2.75, 3.05) is 13.2 Å². The number of rotatable bonds is 5. The van der Waals surface area contributed by atoms with Crippen LogP contribution >= 0.6 is 0 Å². The molecule has 1 atom stereocenters. The molecule has 1 aromatic carbocycles. The van der Waals surface area contributed by atoms with Crippen molar-refractivity contribution in [3.05, 3.63) is 29.8 Å². The number of halogens is 3. The van der Waals surface area contributed by atoms with E-state index in [1.54, 1.807) is 6.07 Å². The van der Waals surface area contributed by atoms with Gasteiger partial charge in [-0.25, -0.2) is 5.01 Å². The molecule has 1 aromatic rings. The van der Waals surface area contributed by atoms with Crippen LogP contribution in [0.15, 0.2) is 24.3 Å². The molecule has 7 heteroatoms. The summed E-state index contributed by atoms with van der Waals surface area (Å²) in [5.74, 6) is -0.209. The summed E-state index contributed by atoms with van der Waals surface area (Å²) in [6.07, 6.45) is -3.75. The van der Waals surface area contributed by atoms with Crippen LogP contribution in [0.25, 0.3) is 0 Å². The number of para-hydroxylation sites is 1. The molecule has 1 aliphatic rings. The number of benzene rings is 1. The second-order valence-corrected chi connectivity index (χ2v) is 4.81. The molecule has 1 amide bonds. The number of amides is 1. The van der Waals surface area contributed by atoms with Crippen LogP contribution < -0.4 is 10.2 Å². The minimum Gasteiger partial charge on any atom is -0.493 e. The summed E-state index contributed by atoms with van der Waals surface area (Å²) in [7, 11) is 0. The molecular formula is C14H17F3N2O2. The highest BCUT2D eigenvalue weighted by molar-refractivity contribution is 5.77. The molecule has 0 saturated carbocycles. The van der Waals surface area contributed by atoms with Gasteiger partial charge in [-0.15, -0.1) is 0 Å². The van der Waals surface area contributed by atoms with Gasteiger partial charge in [0.1, 0.15) is 5.75 Å². The molecule has 0 radical (unpaired) electrons. The summed E-state index contributed by atoms with van der Waals surface area (Å²) in [6, 6.07) is 4.15. The molecular weight excluding hydrogens is 285 g/mol. The Morgan fingerprint density at radius 2 is 2.10 bits per heavy atom. The van der Waals surface area contributed by atoms with Crippen LogP contribution in [-0.4, -0.2) is 30.2 Å². The summed E-state index contributed by atoms with van der Waals surface area (Å²) in [4.78, 5) is 11.2. The van der Waals surface area contributed by atoms with Crippen LogP contribution in [0.4, 0.5) is 13.2 Å². The first kappa shape index (κ1) is 15.6. The highest BCUT2D eigenvalue weighted by atomic mass is 19.4. The third-order valence-corrected chi connectivity index (χ3v) is 3.15. The number of nitrogens with one attached hydrogen (secondary N) is 1. The van der Waals surface area contributed by atoms with Crippen LogP contribution in [0, 0.1) is 0 Å². The number of carbonyl (C=O) groups is 1. The predicted molar refractivity (Wildman–Crippen MR) is 70.5 cm³/mol. The number of hydrogen-bond donors (Lipinski definition) is 1. The summed E-state index contributed by atoms with van der Waals surface area (Å²) in [5.41, 5.74) is 2.28. The molecule has 1 fully saturated rings. The molecule has 2 rings (SSSR count). The zero-order valence-corrected chi connectivity index (χ0v) is 11.6. The molecule has 4 nitrogen and oxygen atoms in total. The zero-order chi connectivity index (χ0) is 15.5. The number of alkyl halides is 3. The average molecular weight is 302 g/mol. The van der Waals surface area contributed by atoms with Gasteiger partial charge in [-0.2, -0.15) is 13.2 Å². The first-order chi connectivity index (χ1) is 9.93. The van der Waals surface area contributed by atoms with Gasteiger partial charge in [0.05, 0.1) is 6.61 Å². The van der Waals surface area contributed by atoms with E-state index < -0.39 is 18.1 Å². The van der Waals surface area contributed by atoms with Crippen LogP contribution in [0.2, 0.25) is 0 Å². The van der Waals surface area contributed by atoms with Gasteiger partial charge in [0.15, 0.2) is 6.04 Å². The van der Waals surface area contributed by atoms with E-state index in [4.69, 9.17) is 4.74 Å². The molecule has 21 heavy (non-hydrogen) atoms. The molecule has 0 bridgehead atoms. The number of carbonyl (C=O) groups excluding carboxylic acids is 1. The fraction of sp³-hybridized carbons (Fsp3) is 0.500. The molecule has 0 aliphatic carbocycles. The minimum absolute atomic E-state index is 0.0145. The standard InChI is InChI=1S/C14H17F3N2O2/c1-2-9-21-11-6-4-3-5-10(11)13(14(15,16)17)19-8-7-12(20)18-19/h3-6,13H,2,7-9H2,1H3,(H,18,20)/t13-/m0/s1. The van der Waals surface area contributed by atoms with Crippen molar-refractivity contribution in [1.82, 2.24) is 10.4 Å². The largest absolute Gasteiger partial charge is 0.493 e. The molecule has 1 aliphatic heterocycles. The molecule has 0 aromatic heterocycles. The number of hydrogen-bond acceptors (Lipinski definition) is 3. The Balaban J connectivity index is 2.35. The van der Waals surface area contributed by atoms with Crippen molar-refractivity contribution in [2.24, 2.45) is 0 Å². The van der Waals surface area contributed by atoms with Crippen molar-refractivity contribution in [3.63, 3.8) is 0 Å². The van der Waals surface area contributed by atoms with Crippen molar-refractivity contribution in [2.45, 2.75) is 32.0 Å². The SMILES string of the molecule is CCCOc1ccccc1[C@H](N1CCC(=O)N1)C(F)(F)F. The van der Waals surface area contributed by atoms with Crippen LogP contribution in [-0.2, 0) is 4.79 Å². The summed E-state index contributed by atoms with van der Waals surface area (Å²) >= 11 is 0. The van der Waals surface area contributed by atoms with Crippen molar-refractivity contribution in [3.8, 4) is 5.75 Å². The van der Waals surface area contributed by atoms with Gasteiger partial charge < -0.3 is 4.74 Å². The second-order valence-electron chi connectivity index (χ2n) is 4.81. The second kappa shape index (κ2) is 6.34. The maximum Gasteiger partial charge on any atom is 0.410 e. The van der Waals surface area contributed by atoms with Crippen LogP contribution in [0.1, 0.15) is 31.4 Å². The Hall–Kier alpha value is -1.76. The van der Waals surface area contributed by atoms with E-state index in [1.165, 1.54) is 18.2 Å². The Kier molecular flexibility index (Phi) is 4.72. The van der Waals surface area contributed by atoms with Crippen molar-refractivity contribution >= 4 is 5.91 Å². The lowest BCUT2D eigenvalue weighted by atomic mass is 10.0. The number of ether oxygens (including phenoxy) is 1. The highest BCUT2D eigenvalue weighted by Gasteiger charge is 2.48. The van der Waals surface area contributed by atoms with E-state index in [-0.39, 0.29) is 24.3 Å². The third-order valence-electron chi connectivity index (χ3n) is 3.15. The maximum atomic E-state index is 13.4. The lowest BCUT2D eigenvalue weighted by Crippen LogP contribution is -2.43. The summed E-state index contributed by atoms with van der Waals surface area (Å²) in [6.45, 7) is 2.24. The van der Waals surface area contributed by atoms with Gasteiger partial charge in [0.2, 0.25) is 5.91 Å². The normalized spacial score (nSPS) is 17.6. The highest BCUT2D eigenvalue weighted by Crippen LogP contribution is 2.41.